The van der Waals surface area contributed by atoms with Crippen LogP contribution in [-0.2, 0) is 17.6 Å². The molecule has 162 valence electrons. The first kappa shape index (κ1) is 19.8. The molecule has 1 aromatic heterocycles. The number of hydrogen-bond acceptors (Lipinski definition) is 4. The lowest BCUT2D eigenvalue weighted by molar-refractivity contribution is -0.134. The van der Waals surface area contributed by atoms with Crippen LogP contribution in [0.15, 0.2) is 41.0 Å². The van der Waals surface area contributed by atoms with Crippen LogP contribution >= 0.6 is 0 Å². The molecule has 1 atom stereocenters. The number of amides is 4. The van der Waals surface area contributed by atoms with Gasteiger partial charge in [-0.2, -0.15) is 0 Å². The molecule has 0 spiro atoms. The van der Waals surface area contributed by atoms with E-state index in [4.69, 9.17) is 4.42 Å². The fourth-order valence-electron chi connectivity index (χ4n) is 5.44. The third kappa shape index (κ3) is 3.14. The smallest absolute Gasteiger partial charge is 0.325 e. The van der Waals surface area contributed by atoms with Crippen molar-refractivity contribution in [1.29, 1.82) is 0 Å². The number of nitrogens with zero attached hydrogens (tertiary/aromatic N) is 2. The number of nitrogens with one attached hydrogen (secondary N) is 1. The summed E-state index contributed by atoms with van der Waals surface area (Å²) in [5.41, 5.74) is 2.08. The Labute approximate surface area is 181 Å². The molecule has 5 rings (SSSR count). The Balaban J connectivity index is 1.27. The molecule has 2 aliphatic heterocycles. The highest BCUT2D eigenvalue weighted by Gasteiger charge is 2.55. The van der Waals surface area contributed by atoms with Gasteiger partial charge in [0.2, 0.25) is 0 Å². The molecule has 7 nitrogen and oxygen atoms in total. The third-order valence-electron chi connectivity index (χ3n) is 7.33. The predicted molar refractivity (Wildman–Crippen MR) is 113 cm³/mol. The Bertz CT molecular complexity index is 1030. The molecule has 31 heavy (non-hydrogen) atoms. The molecule has 4 amide bonds. The van der Waals surface area contributed by atoms with Gasteiger partial charge in [0.05, 0.1) is 11.8 Å². The molecule has 0 radical (unpaired) electrons. The number of imide groups is 1. The van der Waals surface area contributed by atoms with Crippen molar-refractivity contribution in [1.82, 2.24) is 15.1 Å². The van der Waals surface area contributed by atoms with Gasteiger partial charge in [-0.1, -0.05) is 24.3 Å². The topological polar surface area (TPSA) is 82.9 Å². The number of benzene rings is 1. The Morgan fingerprint density at radius 1 is 1.10 bits per heavy atom. The number of furan rings is 1. The lowest BCUT2D eigenvalue weighted by Crippen LogP contribution is -2.55. The number of aryl methyl sites for hydroxylation is 1. The fraction of sp³-hybridized carbons (Fsp3) is 0.458. The van der Waals surface area contributed by atoms with E-state index in [0.717, 1.165) is 0 Å². The van der Waals surface area contributed by atoms with E-state index in [1.54, 1.807) is 13.0 Å². The highest BCUT2D eigenvalue weighted by molar-refractivity contribution is 6.07. The van der Waals surface area contributed by atoms with Crippen molar-refractivity contribution in [2.75, 3.05) is 13.1 Å². The van der Waals surface area contributed by atoms with Crippen molar-refractivity contribution in [3.63, 3.8) is 0 Å². The van der Waals surface area contributed by atoms with E-state index in [-0.39, 0.29) is 29.8 Å². The van der Waals surface area contributed by atoms with Gasteiger partial charge < -0.3 is 14.6 Å². The molecular formula is C24H27N3O4. The first-order chi connectivity index (χ1) is 14.9. The van der Waals surface area contributed by atoms with E-state index in [0.29, 0.717) is 50.1 Å². The van der Waals surface area contributed by atoms with Crippen LogP contribution in [-0.4, -0.2) is 52.3 Å². The van der Waals surface area contributed by atoms with Gasteiger partial charge in [0, 0.05) is 19.1 Å². The number of hydrogen-bond donors (Lipinski definition) is 1. The van der Waals surface area contributed by atoms with Gasteiger partial charge >= 0.3 is 6.03 Å². The number of piperidine rings is 1. The minimum Gasteiger partial charge on any atom is -0.469 e. The van der Waals surface area contributed by atoms with E-state index in [1.165, 1.54) is 22.3 Å². The number of carbonyl (C=O) groups excluding carboxylic acids is 3. The Kier molecular flexibility index (Phi) is 4.64. The van der Waals surface area contributed by atoms with Crippen molar-refractivity contribution in [3.8, 4) is 0 Å². The lowest BCUT2D eigenvalue weighted by Gasteiger charge is -2.39. The third-order valence-corrected chi connectivity index (χ3v) is 7.33. The van der Waals surface area contributed by atoms with E-state index >= 15 is 0 Å². The molecule has 1 N–H and O–H groups in total. The summed E-state index contributed by atoms with van der Waals surface area (Å²) in [7, 11) is 0. The first-order valence-corrected chi connectivity index (χ1v) is 10.9. The number of likely N-dealkylation sites (tertiary alicyclic amines) is 1. The quantitative estimate of drug-likeness (QED) is 0.773. The molecule has 2 saturated heterocycles. The highest BCUT2D eigenvalue weighted by atomic mass is 16.3. The molecule has 2 fully saturated rings. The van der Waals surface area contributed by atoms with E-state index in [1.807, 2.05) is 24.0 Å². The number of fused-ring (bicyclic) bond motifs is 1. The second kappa shape index (κ2) is 7.25. The van der Waals surface area contributed by atoms with Crippen LogP contribution in [0.5, 0.6) is 0 Å². The van der Waals surface area contributed by atoms with Crippen LogP contribution in [0.25, 0.3) is 0 Å². The summed E-state index contributed by atoms with van der Waals surface area (Å²) in [6.45, 7) is 4.74. The van der Waals surface area contributed by atoms with Gasteiger partial charge in [0.15, 0.2) is 0 Å². The monoisotopic (exact) mass is 421 g/mol. The zero-order valence-electron chi connectivity index (χ0n) is 17.9. The van der Waals surface area contributed by atoms with Gasteiger partial charge in [-0.3, -0.25) is 14.5 Å². The van der Waals surface area contributed by atoms with Crippen LogP contribution in [0.3, 0.4) is 0 Å². The summed E-state index contributed by atoms with van der Waals surface area (Å²) < 4.78 is 5.26. The van der Waals surface area contributed by atoms with Crippen LogP contribution in [0.1, 0.15) is 47.0 Å². The summed E-state index contributed by atoms with van der Waals surface area (Å²) in [5.74, 6) is 0.436. The molecule has 7 heteroatoms. The van der Waals surface area contributed by atoms with Gasteiger partial charge in [-0.05, 0) is 62.6 Å². The van der Waals surface area contributed by atoms with Crippen molar-refractivity contribution >= 4 is 17.8 Å². The van der Waals surface area contributed by atoms with Gasteiger partial charge in [0.1, 0.15) is 11.3 Å². The lowest BCUT2D eigenvalue weighted by atomic mass is 9.78. The van der Waals surface area contributed by atoms with Crippen molar-refractivity contribution in [2.24, 2.45) is 5.92 Å². The SMILES string of the molecule is Cc1occc1C(=O)N1CCC(C2(C)NC(=O)N(C3Cc4ccccc4C3)C2=O)CC1. The summed E-state index contributed by atoms with van der Waals surface area (Å²) in [6, 6.07) is 9.41. The van der Waals surface area contributed by atoms with Crippen LogP contribution in [0, 0.1) is 12.8 Å². The van der Waals surface area contributed by atoms with Crippen LogP contribution in [0.4, 0.5) is 4.79 Å². The summed E-state index contributed by atoms with van der Waals surface area (Å²) in [5, 5.41) is 3.00. The number of carbonyl (C=O) groups is 3. The Hall–Kier alpha value is -3.09. The molecule has 2 aromatic rings. The molecule has 1 unspecified atom stereocenters. The van der Waals surface area contributed by atoms with Crippen molar-refractivity contribution in [2.45, 2.75) is 51.1 Å². The molecule has 3 heterocycles. The van der Waals surface area contributed by atoms with Crippen molar-refractivity contribution in [3.05, 3.63) is 59.0 Å². The van der Waals surface area contributed by atoms with E-state index < -0.39 is 5.54 Å². The minimum atomic E-state index is -0.924. The number of urea groups is 1. The van der Waals surface area contributed by atoms with Gasteiger partial charge in [-0.15, -0.1) is 0 Å². The average Bonchev–Trinajstić information content (AvgIpc) is 3.44. The Morgan fingerprint density at radius 2 is 1.74 bits per heavy atom. The molecule has 1 aromatic carbocycles. The predicted octanol–water partition coefficient (Wildman–Crippen LogP) is 2.92. The van der Waals surface area contributed by atoms with Gasteiger partial charge in [0.25, 0.3) is 11.8 Å². The zero-order valence-corrected chi connectivity index (χ0v) is 17.9. The standard InChI is InChI=1S/C24H27N3O4/c1-15-20(9-12-31-15)21(28)26-10-7-18(8-11-26)24(2)22(29)27(23(30)25-24)19-13-16-5-3-4-6-17(16)14-19/h3-6,9,12,18-19H,7-8,10-11,13-14H2,1-2H3,(H,25,30). The molecule has 0 saturated carbocycles. The van der Waals surface area contributed by atoms with E-state index in [2.05, 4.69) is 17.4 Å². The van der Waals surface area contributed by atoms with Crippen LogP contribution in [0.2, 0.25) is 0 Å². The van der Waals surface area contributed by atoms with Crippen molar-refractivity contribution < 1.29 is 18.8 Å². The van der Waals surface area contributed by atoms with Crippen LogP contribution < -0.4 is 5.32 Å². The molecule has 3 aliphatic rings. The minimum absolute atomic E-state index is 0.00720. The first-order valence-electron chi connectivity index (χ1n) is 10.9. The van der Waals surface area contributed by atoms with Gasteiger partial charge in [-0.25, -0.2) is 4.79 Å². The summed E-state index contributed by atoms with van der Waals surface area (Å²) in [6.07, 6.45) is 4.29. The maximum atomic E-state index is 13.5. The normalized spacial score (nSPS) is 24.6. The maximum Gasteiger partial charge on any atom is 0.325 e. The molecule has 0 bridgehead atoms. The maximum absolute atomic E-state index is 13.5. The largest absolute Gasteiger partial charge is 0.469 e. The highest BCUT2D eigenvalue weighted by Crippen LogP contribution is 2.37. The zero-order chi connectivity index (χ0) is 21.8. The number of rotatable bonds is 3. The average molecular weight is 421 g/mol. The van der Waals surface area contributed by atoms with E-state index in [9.17, 15) is 14.4 Å². The fourth-order valence-corrected chi connectivity index (χ4v) is 5.44. The second-order valence-corrected chi connectivity index (χ2v) is 9.10. The second-order valence-electron chi connectivity index (χ2n) is 9.10. The summed E-state index contributed by atoms with van der Waals surface area (Å²) >= 11 is 0. The molecular weight excluding hydrogens is 394 g/mol. The summed E-state index contributed by atoms with van der Waals surface area (Å²) in [4.78, 5) is 42.4. The Morgan fingerprint density at radius 3 is 2.32 bits per heavy atom. The molecule has 1 aliphatic carbocycles.